The summed E-state index contributed by atoms with van der Waals surface area (Å²) in [6.07, 6.45) is 0. The fourth-order valence-electron chi connectivity index (χ4n) is 6.41. The molecule has 3 heteroatoms. The summed E-state index contributed by atoms with van der Waals surface area (Å²) in [4.78, 5) is 10.1. The largest absolute Gasteiger partial charge is 0.233 e. The molecule has 0 aliphatic rings. The Morgan fingerprint density at radius 1 is 0.522 bits per heavy atom. The van der Waals surface area contributed by atoms with E-state index >= 15 is 0 Å². The van der Waals surface area contributed by atoms with Crippen molar-refractivity contribution in [2.45, 2.75) is 6.92 Å². The minimum Gasteiger partial charge on any atom is -0.233 e. The lowest BCUT2D eigenvalue weighted by atomic mass is 9.91. The topological polar surface area (TPSA) is 24.7 Å². The second kappa shape index (κ2) is 11.7. The van der Waals surface area contributed by atoms with Crippen LogP contribution in [-0.2, 0) is 0 Å². The highest BCUT2D eigenvalue weighted by molar-refractivity contribution is 7.26. The summed E-state index contributed by atoms with van der Waals surface area (Å²) in [5.41, 5.74) is 7.06. The molecule has 0 unspecified atom stereocenters. The minimum absolute atomic E-state index is 0.641. The summed E-state index contributed by atoms with van der Waals surface area (Å²) in [5.74, 6) is 0.641. The van der Waals surface area contributed by atoms with E-state index in [1.807, 2.05) is 72.0 Å². The molecule has 0 fully saturated rings. The molecule has 0 radical (unpaired) electrons. The van der Waals surface area contributed by atoms with Gasteiger partial charge in [-0.25, -0.2) is 9.98 Å². The first-order valence-electron chi connectivity index (χ1n) is 15.4. The highest BCUT2D eigenvalue weighted by Crippen LogP contribution is 2.44. The molecular weight excluding hydrogens is 577 g/mol. The lowest BCUT2D eigenvalue weighted by molar-refractivity contribution is 1.44. The molecule has 46 heavy (non-hydrogen) atoms. The van der Waals surface area contributed by atoms with Gasteiger partial charge in [0.15, 0.2) is 5.84 Å². The molecule has 0 aliphatic heterocycles. The van der Waals surface area contributed by atoms with E-state index in [-0.39, 0.29) is 0 Å². The zero-order valence-corrected chi connectivity index (χ0v) is 26.3. The number of benzene rings is 7. The Morgan fingerprint density at radius 2 is 1.20 bits per heavy atom. The smallest absolute Gasteiger partial charge is 0.160 e. The molecule has 1 aromatic heterocycles. The molecule has 0 atom stereocenters. The van der Waals surface area contributed by atoms with Crippen molar-refractivity contribution in [1.29, 1.82) is 0 Å². The molecule has 0 amide bonds. The van der Waals surface area contributed by atoms with Gasteiger partial charge >= 0.3 is 0 Å². The summed E-state index contributed by atoms with van der Waals surface area (Å²) in [7, 11) is 0. The maximum absolute atomic E-state index is 5.15. The number of hydrogen-bond acceptors (Lipinski definition) is 2. The van der Waals surface area contributed by atoms with Gasteiger partial charge in [0.05, 0.1) is 5.70 Å². The van der Waals surface area contributed by atoms with Crippen LogP contribution in [-0.4, -0.2) is 11.5 Å². The zero-order chi connectivity index (χ0) is 31.0. The first-order valence-corrected chi connectivity index (χ1v) is 16.3. The second-order valence-electron chi connectivity index (χ2n) is 11.5. The van der Waals surface area contributed by atoms with E-state index in [1.54, 1.807) is 0 Å². The quantitative estimate of drug-likeness (QED) is 0.138. The molecule has 0 bridgehead atoms. The number of nitrogens with zero attached hydrogens (tertiary/aromatic N) is 2. The highest BCUT2D eigenvalue weighted by Gasteiger charge is 2.16. The molecule has 0 saturated heterocycles. The van der Waals surface area contributed by atoms with Gasteiger partial charge in [0, 0.05) is 37.0 Å². The van der Waals surface area contributed by atoms with E-state index in [4.69, 9.17) is 9.98 Å². The lowest BCUT2D eigenvalue weighted by Crippen LogP contribution is -2.05. The molecule has 218 valence electrons. The molecule has 8 rings (SSSR count). The van der Waals surface area contributed by atoms with Crippen LogP contribution in [0.4, 0.5) is 0 Å². The van der Waals surface area contributed by atoms with Gasteiger partial charge in [-0.3, -0.25) is 0 Å². The Balaban J connectivity index is 1.29. The Hall–Kier alpha value is -5.64. The summed E-state index contributed by atoms with van der Waals surface area (Å²) in [6.45, 7) is 6.34. The van der Waals surface area contributed by atoms with Gasteiger partial charge in [0.2, 0.25) is 0 Å². The van der Waals surface area contributed by atoms with Crippen LogP contribution < -0.4 is 0 Å². The van der Waals surface area contributed by atoms with Crippen molar-refractivity contribution in [1.82, 2.24) is 0 Å². The number of amidine groups is 1. The summed E-state index contributed by atoms with van der Waals surface area (Å²) in [6, 6.07) is 53.3. The fourth-order valence-corrected chi connectivity index (χ4v) is 7.68. The van der Waals surface area contributed by atoms with Crippen LogP contribution in [0.3, 0.4) is 0 Å². The molecule has 7 aromatic carbocycles. The number of thiophene rings is 1. The van der Waals surface area contributed by atoms with Crippen molar-refractivity contribution in [3.8, 4) is 11.1 Å². The normalized spacial score (nSPS) is 12.4. The second-order valence-corrected chi connectivity index (χ2v) is 12.5. The van der Waals surface area contributed by atoms with Gasteiger partial charge in [-0.1, -0.05) is 152 Å². The van der Waals surface area contributed by atoms with E-state index in [1.165, 1.54) is 47.5 Å². The van der Waals surface area contributed by atoms with Crippen LogP contribution in [0.2, 0.25) is 0 Å². The van der Waals surface area contributed by atoms with Gasteiger partial charge in [-0.2, -0.15) is 0 Å². The van der Waals surface area contributed by atoms with Gasteiger partial charge in [0.25, 0.3) is 0 Å². The summed E-state index contributed by atoms with van der Waals surface area (Å²) < 4.78 is 2.64. The van der Waals surface area contributed by atoms with Crippen molar-refractivity contribution in [3.05, 3.63) is 175 Å². The van der Waals surface area contributed by atoms with Crippen LogP contribution in [0.1, 0.15) is 23.6 Å². The van der Waals surface area contributed by atoms with Gasteiger partial charge in [-0.05, 0) is 51.2 Å². The highest BCUT2D eigenvalue weighted by atomic mass is 32.1. The predicted octanol–water partition coefficient (Wildman–Crippen LogP) is 12.0. The van der Waals surface area contributed by atoms with Crippen LogP contribution >= 0.6 is 11.3 Å². The molecule has 8 aromatic rings. The standard InChI is InChI=1S/C43H30N2S/c1-28(30-14-5-3-6-15-30)44-43(32-17-7-4-8-18-32)45-29(2)33-26-27-37(36-21-12-11-20-35(33)36)38-22-13-23-40-41(38)39-25-24-31-16-9-10-19-34(31)42(39)46-40/h3-27H,1H2,2H3. The predicted molar refractivity (Wildman–Crippen MR) is 200 cm³/mol. The number of hydrogen-bond donors (Lipinski definition) is 0. The molecular formula is C43H30N2S. The van der Waals surface area contributed by atoms with Gasteiger partial charge < -0.3 is 0 Å². The van der Waals surface area contributed by atoms with E-state index in [2.05, 4.69) is 104 Å². The van der Waals surface area contributed by atoms with Gasteiger partial charge in [0.1, 0.15) is 0 Å². The Bertz CT molecular complexity index is 2480. The maximum atomic E-state index is 5.15. The van der Waals surface area contributed by atoms with Crippen LogP contribution in [0, 0.1) is 0 Å². The molecule has 0 aliphatic carbocycles. The number of aliphatic imine (C=N–C) groups is 2. The van der Waals surface area contributed by atoms with E-state index in [0.29, 0.717) is 11.5 Å². The average Bonchev–Trinajstić information content (AvgIpc) is 3.51. The third kappa shape index (κ3) is 4.92. The van der Waals surface area contributed by atoms with Crippen LogP contribution in [0.25, 0.3) is 58.5 Å². The zero-order valence-electron chi connectivity index (χ0n) is 25.4. The molecule has 0 N–H and O–H groups in total. The lowest BCUT2D eigenvalue weighted by Gasteiger charge is -2.14. The average molecular weight is 607 g/mol. The molecule has 0 saturated carbocycles. The molecule has 1 heterocycles. The summed E-state index contributed by atoms with van der Waals surface area (Å²) in [5, 5.41) is 7.58. The van der Waals surface area contributed by atoms with Crippen molar-refractivity contribution in [2.75, 3.05) is 0 Å². The maximum Gasteiger partial charge on any atom is 0.160 e. The Kier molecular flexibility index (Phi) is 7.09. The monoisotopic (exact) mass is 606 g/mol. The van der Waals surface area contributed by atoms with Crippen LogP contribution in [0.15, 0.2) is 168 Å². The van der Waals surface area contributed by atoms with Crippen molar-refractivity contribution in [2.24, 2.45) is 9.98 Å². The van der Waals surface area contributed by atoms with Crippen molar-refractivity contribution >= 4 is 70.3 Å². The Morgan fingerprint density at radius 3 is 1.98 bits per heavy atom. The van der Waals surface area contributed by atoms with E-state index in [9.17, 15) is 0 Å². The third-order valence-corrected chi connectivity index (χ3v) is 9.85. The van der Waals surface area contributed by atoms with Gasteiger partial charge in [-0.15, -0.1) is 11.3 Å². The summed E-state index contributed by atoms with van der Waals surface area (Å²) >= 11 is 1.88. The van der Waals surface area contributed by atoms with E-state index < -0.39 is 0 Å². The fraction of sp³-hybridized carbons (Fsp3) is 0.0233. The van der Waals surface area contributed by atoms with Crippen molar-refractivity contribution in [3.63, 3.8) is 0 Å². The van der Waals surface area contributed by atoms with E-state index in [0.717, 1.165) is 27.8 Å². The first kappa shape index (κ1) is 27.9. The SMILES string of the molecule is C=C(N=C(N=C(C)c1ccc(-c2cccc3sc4c5ccccc5ccc4c23)c2ccccc12)c1ccccc1)c1ccccc1. The Labute approximate surface area is 272 Å². The number of rotatable bonds is 5. The first-order chi connectivity index (χ1) is 22.7. The molecule has 0 spiro atoms. The van der Waals surface area contributed by atoms with Crippen LogP contribution in [0.5, 0.6) is 0 Å². The molecule has 2 nitrogen and oxygen atoms in total. The minimum atomic E-state index is 0.641. The number of fused-ring (bicyclic) bond motifs is 6. The van der Waals surface area contributed by atoms with Crippen molar-refractivity contribution < 1.29 is 0 Å². The third-order valence-electron chi connectivity index (χ3n) is 8.64.